The van der Waals surface area contributed by atoms with Gasteiger partial charge in [0.25, 0.3) is 0 Å². The van der Waals surface area contributed by atoms with Crippen molar-refractivity contribution in [1.82, 2.24) is 0 Å². The highest BCUT2D eigenvalue weighted by atomic mass is 79.9. The molecule has 0 amide bonds. The first-order valence-corrected chi connectivity index (χ1v) is 8.52. The Morgan fingerprint density at radius 2 is 1.88 bits per heavy atom. The molecule has 0 heterocycles. The summed E-state index contributed by atoms with van der Waals surface area (Å²) in [6.45, 7) is 2.04. The maximum atomic E-state index is 11.3. The Morgan fingerprint density at radius 1 is 1.12 bits per heavy atom. The molecule has 2 N–H and O–H groups in total. The van der Waals surface area contributed by atoms with E-state index in [9.17, 15) is 9.90 Å². The molecule has 0 atom stereocenters. The van der Waals surface area contributed by atoms with Crippen LogP contribution in [0.5, 0.6) is 0 Å². The second-order valence-corrected chi connectivity index (χ2v) is 6.42. The molecular weight excluding hydrogens is 368 g/mol. The molecule has 2 aromatic carbocycles. The van der Waals surface area contributed by atoms with Crippen molar-refractivity contribution in [2.24, 2.45) is 5.10 Å². The van der Waals surface area contributed by atoms with Gasteiger partial charge in [-0.15, -0.1) is 0 Å². The largest absolute Gasteiger partial charge is 0.481 e. The van der Waals surface area contributed by atoms with Crippen LogP contribution >= 0.6 is 15.9 Å². The number of nitrogens with one attached hydrogen (secondary N) is 1. The number of hydrogen-bond acceptors (Lipinski definition) is 3. The van der Waals surface area contributed by atoms with Crippen LogP contribution in [0.25, 0.3) is 5.57 Å². The van der Waals surface area contributed by atoms with Crippen molar-refractivity contribution in [1.29, 1.82) is 0 Å². The maximum Gasteiger partial charge on any atom is 0.307 e. The predicted octanol–water partition coefficient (Wildman–Crippen LogP) is 4.92. The average molecular weight is 385 g/mol. The lowest BCUT2D eigenvalue weighted by molar-refractivity contribution is -0.136. The van der Waals surface area contributed by atoms with Gasteiger partial charge in [-0.2, -0.15) is 5.10 Å². The first-order chi connectivity index (χ1) is 11.6. The Kier molecular flexibility index (Phi) is 4.81. The molecule has 1 aliphatic rings. The molecule has 3 rings (SSSR count). The summed E-state index contributed by atoms with van der Waals surface area (Å²) in [5.74, 6) is -0.852. The molecule has 2 aromatic rings. The number of hydrogen-bond donors (Lipinski definition) is 2. The zero-order chi connectivity index (χ0) is 17.1. The molecular formula is C19H17BrN2O2. The van der Waals surface area contributed by atoms with E-state index in [1.807, 2.05) is 55.5 Å². The molecule has 0 radical (unpaired) electrons. The van der Waals surface area contributed by atoms with E-state index in [1.165, 1.54) is 0 Å². The molecule has 1 aliphatic carbocycles. The van der Waals surface area contributed by atoms with Gasteiger partial charge in [0.05, 0.1) is 17.8 Å². The number of allylic oxidation sites excluding steroid dienone is 1. The Labute approximate surface area is 149 Å². The lowest BCUT2D eigenvalue weighted by Crippen LogP contribution is -2.09. The minimum Gasteiger partial charge on any atom is -0.481 e. The van der Waals surface area contributed by atoms with Gasteiger partial charge in [0.2, 0.25) is 0 Å². The van der Waals surface area contributed by atoms with Gasteiger partial charge in [-0.1, -0.05) is 47.1 Å². The summed E-state index contributed by atoms with van der Waals surface area (Å²) >= 11 is 3.49. The molecule has 0 aromatic heterocycles. The van der Waals surface area contributed by atoms with Gasteiger partial charge in [0, 0.05) is 10.0 Å². The zero-order valence-electron chi connectivity index (χ0n) is 13.2. The highest BCUT2D eigenvalue weighted by molar-refractivity contribution is 9.10. The SMILES string of the molecule is CCC1=C(CC(=O)O)/C(=N/Nc2ccccc2)c2cc(Br)ccc21. The number of para-hydroxylation sites is 1. The topological polar surface area (TPSA) is 61.7 Å². The van der Waals surface area contributed by atoms with Gasteiger partial charge in [0.15, 0.2) is 0 Å². The smallest absolute Gasteiger partial charge is 0.307 e. The number of carboxylic acids is 1. The van der Waals surface area contributed by atoms with Crippen LogP contribution in [0, 0.1) is 0 Å². The second kappa shape index (κ2) is 7.01. The second-order valence-electron chi connectivity index (χ2n) is 5.51. The lowest BCUT2D eigenvalue weighted by Gasteiger charge is -2.07. The van der Waals surface area contributed by atoms with Gasteiger partial charge >= 0.3 is 5.97 Å². The van der Waals surface area contributed by atoms with Crippen molar-refractivity contribution in [3.8, 4) is 0 Å². The fourth-order valence-electron chi connectivity index (χ4n) is 2.95. The summed E-state index contributed by atoms with van der Waals surface area (Å²) in [7, 11) is 0. The van der Waals surface area contributed by atoms with Crippen LogP contribution in [-0.4, -0.2) is 16.8 Å². The number of nitrogens with zero attached hydrogens (tertiary/aromatic N) is 1. The third-order valence-corrected chi connectivity index (χ3v) is 4.46. The fourth-order valence-corrected chi connectivity index (χ4v) is 3.31. The summed E-state index contributed by atoms with van der Waals surface area (Å²) in [4.78, 5) is 11.3. The summed E-state index contributed by atoms with van der Waals surface area (Å²) in [5, 5.41) is 13.8. The molecule has 24 heavy (non-hydrogen) atoms. The number of halogens is 1. The fraction of sp³-hybridized carbons (Fsp3) is 0.158. The Morgan fingerprint density at radius 3 is 2.54 bits per heavy atom. The summed E-state index contributed by atoms with van der Waals surface area (Å²) in [6.07, 6.45) is 0.729. The summed E-state index contributed by atoms with van der Waals surface area (Å²) in [5.41, 5.74) is 8.45. The molecule has 0 fully saturated rings. The number of anilines is 1. The molecule has 0 aliphatic heterocycles. The lowest BCUT2D eigenvalue weighted by atomic mass is 10.0. The minimum atomic E-state index is -0.852. The minimum absolute atomic E-state index is 0.0369. The number of hydrazone groups is 1. The molecule has 5 heteroatoms. The molecule has 0 spiro atoms. The standard InChI is InChI=1S/C19H17BrN2O2/c1-2-14-15-9-8-12(20)10-16(15)19(17(14)11-18(23)24)22-21-13-6-4-3-5-7-13/h3-10,21H,2,11H2,1H3,(H,23,24)/b22-19+. The van der Waals surface area contributed by atoms with E-state index in [2.05, 4.69) is 26.5 Å². The van der Waals surface area contributed by atoms with Crippen LogP contribution in [0.1, 0.15) is 30.9 Å². The third kappa shape index (κ3) is 3.26. The average Bonchev–Trinajstić information content (AvgIpc) is 2.85. The van der Waals surface area contributed by atoms with E-state index in [4.69, 9.17) is 0 Å². The number of carboxylic acid groups (broad SMARTS) is 1. The number of carbonyl (C=O) groups is 1. The predicted molar refractivity (Wildman–Crippen MR) is 100 cm³/mol. The molecule has 0 saturated heterocycles. The molecule has 0 saturated carbocycles. The van der Waals surface area contributed by atoms with Gasteiger partial charge in [-0.05, 0) is 47.4 Å². The molecule has 122 valence electrons. The van der Waals surface area contributed by atoms with E-state index in [1.54, 1.807) is 0 Å². The van der Waals surface area contributed by atoms with E-state index in [0.29, 0.717) is 5.71 Å². The molecule has 0 bridgehead atoms. The number of fused-ring (bicyclic) bond motifs is 1. The first-order valence-electron chi connectivity index (χ1n) is 7.73. The van der Waals surface area contributed by atoms with Crippen molar-refractivity contribution >= 4 is 38.9 Å². The highest BCUT2D eigenvalue weighted by Crippen LogP contribution is 2.38. The van der Waals surface area contributed by atoms with Crippen molar-refractivity contribution in [2.75, 3.05) is 5.43 Å². The summed E-state index contributed by atoms with van der Waals surface area (Å²) < 4.78 is 0.945. The van der Waals surface area contributed by atoms with Crippen LogP contribution in [0.2, 0.25) is 0 Å². The van der Waals surface area contributed by atoms with E-state index in [0.717, 1.165) is 38.9 Å². The van der Waals surface area contributed by atoms with Gasteiger partial charge in [0.1, 0.15) is 0 Å². The monoisotopic (exact) mass is 384 g/mol. The van der Waals surface area contributed by atoms with Crippen LogP contribution in [0.15, 0.2) is 63.7 Å². The Hall–Kier alpha value is -2.40. The van der Waals surface area contributed by atoms with Crippen molar-refractivity contribution in [2.45, 2.75) is 19.8 Å². The Bertz CT molecular complexity index is 842. The van der Waals surface area contributed by atoms with Crippen LogP contribution in [0.3, 0.4) is 0 Å². The number of benzene rings is 2. The zero-order valence-corrected chi connectivity index (χ0v) is 14.8. The van der Waals surface area contributed by atoms with Crippen molar-refractivity contribution < 1.29 is 9.90 Å². The first kappa shape index (κ1) is 16.5. The maximum absolute atomic E-state index is 11.3. The van der Waals surface area contributed by atoms with Crippen LogP contribution in [0.4, 0.5) is 5.69 Å². The van der Waals surface area contributed by atoms with Gasteiger partial charge in [-0.25, -0.2) is 0 Å². The van der Waals surface area contributed by atoms with Gasteiger partial charge in [-0.3, -0.25) is 10.2 Å². The number of aliphatic carboxylic acids is 1. The third-order valence-electron chi connectivity index (χ3n) is 3.96. The van der Waals surface area contributed by atoms with E-state index < -0.39 is 5.97 Å². The molecule has 4 nitrogen and oxygen atoms in total. The summed E-state index contributed by atoms with van der Waals surface area (Å²) in [6, 6.07) is 15.6. The highest BCUT2D eigenvalue weighted by Gasteiger charge is 2.28. The van der Waals surface area contributed by atoms with Crippen molar-refractivity contribution in [3.05, 3.63) is 69.7 Å². The number of rotatable bonds is 5. The van der Waals surface area contributed by atoms with E-state index >= 15 is 0 Å². The molecule has 0 unspecified atom stereocenters. The van der Waals surface area contributed by atoms with Crippen molar-refractivity contribution in [3.63, 3.8) is 0 Å². The normalized spacial score (nSPS) is 14.8. The quantitative estimate of drug-likeness (QED) is 0.719. The van der Waals surface area contributed by atoms with E-state index in [-0.39, 0.29) is 6.42 Å². The Balaban J connectivity index is 2.08. The van der Waals surface area contributed by atoms with Crippen LogP contribution < -0.4 is 5.43 Å². The van der Waals surface area contributed by atoms with Crippen LogP contribution in [-0.2, 0) is 4.79 Å². The van der Waals surface area contributed by atoms with Gasteiger partial charge < -0.3 is 5.11 Å².